The SMILES string of the molecule is NC(=O)C[C@@H](NSc1ccccc1[NH+]([O-])O)C(=O)O. The van der Waals surface area contributed by atoms with Crippen LogP contribution in [0.3, 0.4) is 0 Å². The van der Waals surface area contributed by atoms with Crippen molar-refractivity contribution in [3.63, 3.8) is 0 Å². The van der Waals surface area contributed by atoms with Crippen molar-refractivity contribution in [1.82, 2.24) is 4.72 Å². The smallest absolute Gasteiger partial charge is 0.322 e. The predicted octanol–water partition coefficient (Wildman–Crippen LogP) is -0.985. The quantitative estimate of drug-likeness (QED) is 0.320. The van der Waals surface area contributed by atoms with E-state index in [0.29, 0.717) is 4.90 Å². The third kappa shape index (κ3) is 4.85. The fraction of sp³-hybridized carbons (Fsp3) is 0.200. The molecule has 0 bridgehead atoms. The van der Waals surface area contributed by atoms with Crippen LogP contribution in [-0.2, 0) is 9.59 Å². The van der Waals surface area contributed by atoms with Gasteiger partial charge in [0.05, 0.1) is 11.3 Å². The maximum Gasteiger partial charge on any atom is 0.322 e. The van der Waals surface area contributed by atoms with Crippen molar-refractivity contribution < 1.29 is 25.1 Å². The number of aliphatic carboxylic acids is 1. The number of carboxylic acids is 1. The van der Waals surface area contributed by atoms with Gasteiger partial charge in [-0.15, -0.1) is 0 Å². The Balaban J connectivity index is 2.74. The Morgan fingerprint density at radius 3 is 2.63 bits per heavy atom. The van der Waals surface area contributed by atoms with Crippen LogP contribution in [-0.4, -0.2) is 28.2 Å². The van der Waals surface area contributed by atoms with E-state index in [-0.39, 0.29) is 12.1 Å². The van der Waals surface area contributed by atoms with Crippen molar-refractivity contribution in [2.24, 2.45) is 5.73 Å². The van der Waals surface area contributed by atoms with Crippen LogP contribution in [0.5, 0.6) is 0 Å². The summed E-state index contributed by atoms with van der Waals surface area (Å²) in [5.74, 6) is -1.99. The van der Waals surface area contributed by atoms with E-state index >= 15 is 0 Å². The molecule has 0 aromatic heterocycles. The van der Waals surface area contributed by atoms with Crippen LogP contribution in [0.25, 0.3) is 0 Å². The maximum atomic E-state index is 10.9. The lowest BCUT2D eigenvalue weighted by Gasteiger charge is -2.16. The first kappa shape index (κ1) is 15.4. The third-order valence-corrected chi connectivity index (χ3v) is 3.11. The molecule has 0 aliphatic rings. The third-order valence-electron chi connectivity index (χ3n) is 2.13. The van der Waals surface area contributed by atoms with Gasteiger partial charge in [0.1, 0.15) is 6.04 Å². The highest BCUT2D eigenvalue weighted by Gasteiger charge is 2.21. The van der Waals surface area contributed by atoms with Gasteiger partial charge < -0.3 is 16.0 Å². The van der Waals surface area contributed by atoms with Crippen LogP contribution in [0.15, 0.2) is 29.2 Å². The van der Waals surface area contributed by atoms with Crippen molar-refractivity contribution in [1.29, 1.82) is 0 Å². The molecule has 0 aliphatic heterocycles. The zero-order valence-electron chi connectivity index (χ0n) is 9.70. The van der Waals surface area contributed by atoms with Gasteiger partial charge in [-0.05, 0) is 18.0 Å². The van der Waals surface area contributed by atoms with Crippen LogP contribution in [0, 0.1) is 5.21 Å². The van der Waals surface area contributed by atoms with Crippen LogP contribution >= 0.6 is 11.9 Å². The van der Waals surface area contributed by atoms with Crippen molar-refractivity contribution >= 4 is 29.5 Å². The maximum absolute atomic E-state index is 10.9. The monoisotopic (exact) mass is 287 g/mol. The summed E-state index contributed by atoms with van der Waals surface area (Å²) in [6.45, 7) is 0. The highest BCUT2D eigenvalue weighted by atomic mass is 32.2. The Bertz CT molecular complexity index is 468. The van der Waals surface area contributed by atoms with Crippen LogP contribution in [0.4, 0.5) is 5.69 Å². The minimum Gasteiger partial charge on any atom is -0.595 e. The second-order valence-corrected chi connectivity index (χ2v) is 4.46. The van der Waals surface area contributed by atoms with Crippen LogP contribution in [0.2, 0.25) is 0 Å². The number of quaternary nitrogens is 1. The summed E-state index contributed by atoms with van der Waals surface area (Å²) < 4.78 is 2.52. The van der Waals surface area contributed by atoms with Gasteiger partial charge in [-0.25, -0.2) is 9.93 Å². The lowest BCUT2D eigenvalue weighted by molar-refractivity contribution is -0.992. The number of carbonyl (C=O) groups excluding carboxylic acids is 1. The molecule has 8 nitrogen and oxygen atoms in total. The van der Waals surface area contributed by atoms with Crippen molar-refractivity contribution in [3.05, 3.63) is 29.5 Å². The average Bonchev–Trinajstić information content (AvgIpc) is 2.34. The minimum absolute atomic E-state index is 0.0446. The minimum atomic E-state index is -1.24. The number of primary amides is 1. The second-order valence-electron chi connectivity index (χ2n) is 3.58. The summed E-state index contributed by atoms with van der Waals surface area (Å²) in [6, 6.07) is 4.94. The fourth-order valence-corrected chi connectivity index (χ4v) is 2.11. The molecule has 6 N–H and O–H groups in total. The van der Waals surface area contributed by atoms with Gasteiger partial charge in [-0.3, -0.25) is 9.59 Å². The Kier molecular flexibility index (Phi) is 5.73. The van der Waals surface area contributed by atoms with Gasteiger partial charge in [0.2, 0.25) is 5.91 Å². The molecule has 1 amide bonds. The van der Waals surface area contributed by atoms with E-state index in [0.717, 1.165) is 11.9 Å². The number of hydrogen-bond donors (Lipinski definition) is 5. The molecule has 0 heterocycles. The topological polar surface area (TPSA) is 140 Å². The largest absolute Gasteiger partial charge is 0.595 e. The second kappa shape index (κ2) is 7.07. The van der Waals surface area contributed by atoms with E-state index in [1.807, 2.05) is 0 Å². The van der Waals surface area contributed by atoms with E-state index in [1.54, 1.807) is 12.1 Å². The van der Waals surface area contributed by atoms with E-state index in [2.05, 4.69) is 4.72 Å². The van der Waals surface area contributed by atoms with Crippen molar-refractivity contribution in [2.75, 3.05) is 0 Å². The fourth-order valence-electron chi connectivity index (χ4n) is 1.25. The van der Waals surface area contributed by atoms with Gasteiger partial charge in [-0.1, -0.05) is 12.1 Å². The number of nitrogens with one attached hydrogen (secondary N) is 2. The summed E-state index contributed by atoms with van der Waals surface area (Å²) in [5.41, 5.74) is 4.98. The lowest BCUT2D eigenvalue weighted by atomic mass is 10.2. The number of amides is 1. The van der Waals surface area contributed by atoms with E-state index in [9.17, 15) is 14.8 Å². The number of nitrogens with two attached hydrogens (primary N) is 1. The summed E-state index contributed by atoms with van der Waals surface area (Å²) in [7, 11) is 0. The zero-order valence-corrected chi connectivity index (χ0v) is 10.5. The van der Waals surface area contributed by atoms with Gasteiger partial charge in [0.15, 0.2) is 5.69 Å². The van der Waals surface area contributed by atoms with Gasteiger partial charge in [0.25, 0.3) is 0 Å². The molecule has 0 radical (unpaired) electrons. The lowest BCUT2D eigenvalue weighted by Crippen LogP contribution is -2.99. The van der Waals surface area contributed by atoms with Crippen LogP contribution in [0.1, 0.15) is 6.42 Å². The molecule has 2 atom stereocenters. The van der Waals surface area contributed by atoms with Crippen molar-refractivity contribution in [3.8, 4) is 0 Å². The Hall–Kier alpha value is -1.65. The zero-order chi connectivity index (χ0) is 14.4. The van der Waals surface area contributed by atoms with Gasteiger partial charge >= 0.3 is 5.97 Å². The Morgan fingerprint density at radius 2 is 2.11 bits per heavy atom. The molecule has 19 heavy (non-hydrogen) atoms. The summed E-state index contributed by atoms with van der Waals surface area (Å²) in [6.07, 6.45) is -0.377. The highest BCUT2D eigenvalue weighted by Crippen LogP contribution is 2.22. The predicted molar refractivity (Wildman–Crippen MR) is 66.4 cm³/mol. The molecule has 104 valence electrons. The average molecular weight is 287 g/mol. The molecular formula is C10H13N3O5S. The van der Waals surface area contributed by atoms with E-state index < -0.39 is 23.1 Å². The number of rotatable bonds is 7. The molecule has 1 rings (SSSR count). The summed E-state index contributed by atoms with van der Waals surface area (Å²) in [4.78, 5) is 21.9. The number of carboxylic acid groups (broad SMARTS) is 1. The Morgan fingerprint density at radius 1 is 1.47 bits per heavy atom. The Labute approximate surface area is 112 Å². The number of para-hydroxylation sites is 1. The first-order chi connectivity index (χ1) is 8.91. The number of hydrogen-bond acceptors (Lipinski definition) is 6. The van der Waals surface area contributed by atoms with Crippen molar-refractivity contribution in [2.45, 2.75) is 17.4 Å². The number of benzene rings is 1. The molecule has 1 unspecified atom stereocenters. The standard InChI is InChI=1S/C10H13N3O5S/c11-9(14)5-6(10(15)16)12-19-8-4-2-1-3-7(8)13(17)18/h1-4,6,12-13,17H,5H2,(H2,11,14)(H,15,16)/t6-/m1/s1. The molecule has 1 aromatic rings. The molecule has 0 fully saturated rings. The summed E-state index contributed by atoms with van der Waals surface area (Å²) in [5, 5.41) is 27.7. The first-order valence-corrected chi connectivity index (χ1v) is 5.99. The van der Waals surface area contributed by atoms with E-state index in [4.69, 9.17) is 16.0 Å². The molecular weight excluding hydrogens is 274 g/mol. The first-order valence-electron chi connectivity index (χ1n) is 5.17. The van der Waals surface area contributed by atoms with Gasteiger partial charge in [-0.2, -0.15) is 5.23 Å². The highest BCUT2D eigenvalue weighted by molar-refractivity contribution is 7.97. The number of carbonyl (C=O) groups is 2. The molecule has 9 heteroatoms. The molecule has 0 saturated heterocycles. The van der Waals surface area contributed by atoms with E-state index in [1.165, 1.54) is 12.1 Å². The van der Waals surface area contributed by atoms with Crippen LogP contribution < -0.4 is 15.7 Å². The summed E-state index contributed by atoms with van der Waals surface area (Å²) >= 11 is 0.834. The van der Waals surface area contributed by atoms with Gasteiger partial charge in [0, 0.05) is 6.07 Å². The molecule has 0 spiro atoms. The molecule has 1 aromatic carbocycles. The normalized spacial score (nSPS) is 13.8. The molecule has 0 saturated carbocycles. The molecule has 0 aliphatic carbocycles.